The van der Waals surface area contributed by atoms with E-state index in [1.165, 1.54) is 0 Å². The first-order valence-electron chi connectivity index (χ1n) is 0.739. The Bertz CT molecular complexity index is 432. The van der Waals surface area contributed by atoms with Gasteiger partial charge in [0.05, 0.1) is 0 Å². The Morgan fingerprint density at radius 3 is 0.571 bits per heavy atom. The molecule has 7 heteroatoms. The van der Waals surface area contributed by atoms with Crippen LogP contribution in [0.2, 0.25) is 0 Å². The second-order valence-electron chi connectivity index (χ2n) is 0.754. The Hall–Kier alpha value is 0.0597. The second-order valence-corrected chi connectivity index (χ2v) is 5.59. The summed E-state index contributed by atoms with van der Waals surface area (Å²) in [6.07, 6.45) is 0. The molecule has 0 saturated carbocycles. The molecule has 0 fully saturated rings. The summed E-state index contributed by atoms with van der Waals surface area (Å²) in [6, 6.07) is 0. The van der Waals surface area contributed by atoms with Crippen molar-refractivity contribution in [3.05, 3.63) is 0 Å². The molecule has 0 atom stereocenters. The number of rotatable bonds is 0. The van der Waals surface area contributed by atoms with Gasteiger partial charge >= 0.3 is 35.2 Å². The molecule has 0 aliphatic carbocycles. The molecule has 0 unspecified atom stereocenters. The van der Waals surface area contributed by atoms with Crippen molar-refractivity contribution in [2.24, 2.45) is 0 Å². The Morgan fingerprint density at radius 1 is 0.571 bits per heavy atom. The van der Waals surface area contributed by atoms with Crippen molar-refractivity contribution >= 4 is 0 Å². The van der Waals surface area contributed by atoms with E-state index >= 15 is 0 Å². The van der Waals surface area contributed by atoms with Gasteiger partial charge in [-0.15, -0.1) is 0 Å². The second kappa shape index (κ2) is 0.684. The standard InChI is InChI=1S/Ho.6O. The summed E-state index contributed by atoms with van der Waals surface area (Å²) in [5.41, 5.74) is 0. The van der Waals surface area contributed by atoms with Crippen LogP contribution in [0.1, 0.15) is 0 Å². The van der Waals surface area contributed by atoms with Gasteiger partial charge < -0.3 is 0 Å². The average Bonchev–Trinajstić information content (AvgIpc) is 0.592. The van der Waals surface area contributed by atoms with E-state index in [-0.39, 0.29) is 0 Å². The minimum absolute atomic E-state index is 8.66. The van der Waals surface area contributed by atoms with Gasteiger partial charge in [-0.3, -0.25) is 0 Å². The van der Waals surface area contributed by atoms with Crippen LogP contribution in [0.3, 0.4) is 0 Å². The fraction of sp³-hybridized carbons (Fsp3) is 0. The van der Waals surface area contributed by atoms with Gasteiger partial charge in [-0.2, -0.15) is 0 Å². The van der Waals surface area contributed by atoms with Crippen molar-refractivity contribution in [2.75, 3.05) is 0 Å². The van der Waals surface area contributed by atoms with Crippen LogP contribution in [0, 0.1) is 26.6 Å². The van der Waals surface area contributed by atoms with E-state index in [0.717, 1.165) is 0 Å². The summed E-state index contributed by atoms with van der Waals surface area (Å²) >= 11 is -9.57. The fourth-order valence-corrected chi connectivity index (χ4v) is 0. The zero-order valence-electron chi connectivity index (χ0n) is 2.75. The molecule has 0 rings (SSSR count). The van der Waals surface area contributed by atoms with E-state index in [9.17, 15) is 0 Å². The summed E-state index contributed by atoms with van der Waals surface area (Å²) < 4.78 is 51.9. The third kappa shape index (κ3) is 28000. The molecule has 6 nitrogen and oxygen atoms in total. The normalized spacial score (nSPS) is 22.3. The van der Waals surface area contributed by atoms with Gasteiger partial charge in [0.2, 0.25) is 0 Å². The van der Waals surface area contributed by atoms with E-state index in [1.807, 2.05) is 0 Å². The van der Waals surface area contributed by atoms with E-state index in [4.69, 9.17) is 8.60 Å². The van der Waals surface area contributed by atoms with E-state index < -0.39 is 26.6 Å². The number of hydrogen-bond acceptors (Lipinski definition) is 6. The van der Waals surface area contributed by atoms with Crippen LogP contribution in [0.5, 0.6) is 0 Å². The minimum atomic E-state index is -9.57. The molecule has 0 radical (unpaired) electrons. The first-order valence-corrected chi connectivity index (χ1v) is 5.48. The van der Waals surface area contributed by atoms with Crippen LogP contribution in [0.15, 0.2) is 0 Å². The molecule has 0 aliphatic heterocycles. The molecule has 0 aromatic carbocycles. The predicted octanol–water partition coefficient (Wildman–Crippen LogP) is -0.713. The Labute approximate surface area is 35.0 Å². The molecule has 0 aliphatic rings. The quantitative estimate of drug-likeness (QED) is 0.533. The fourth-order valence-electron chi connectivity index (χ4n) is 0. The molecular weight excluding hydrogens is 261 g/mol. The van der Waals surface area contributed by atoms with E-state index in [1.54, 1.807) is 0 Å². The van der Waals surface area contributed by atoms with Crippen molar-refractivity contribution in [1.29, 1.82) is 0 Å². The van der Waals surface area contributed by atoms with Crippen molar-refractivity contribution in [2.45, 2.75) is 0 Å². The Morgan fingerprint density at radius 2 is 0.571 bits per heavy atom. The summed E-state index contributed by atoms with van der Waals surface area (Å²) in [5.74, 6) is 0. The third-order valence-corrected chi connectivity index (χ3v) is 0. The zero-order chi connectivity index (χ0) is 6.41. The summed E-state index contributed by atoms with van der Waals surface area (Å²) in [6.45, 7) is 0. The van der Waals surface area contributed by atoms with Crippen LogP contribution in [-0.4, -0.2) is 0 Å². The van der Waals surface area contributed by atoms with Gasteiger partial charge in [0, 0.05) is 0 Å². The van der Waals surface area contributed by atoms with Crippen LogP contribution in [-0.2, 0) is 8.60 Å². The maximum atomic E-state index is 8.66. The first kappa shape index (κ1) is 7.06. The number of hydrogen-bond donors (Lipinski definition) is 0. The van der Waals surface area contributed by atoms with Crippen molar-refractivity contribution in [3.63, 3.8) is 0 Å². The van der Waals surface area contributed by atoms with Gasteiger partial charge in [0.25, 0.3) is 0 Å². The van der Waals surface area contributed by atoms with Crippen LogP contribution >= 0.6 is 0 Å². The first-order chi connectivity index (χ1) is 2.45. The molecule has 7 heavy (non-hydrogen) atoms. The Balaban J connectivity index is 8.86. The molecule has 0 spiro atoms. The SMILES string of the molecule is [O]=[Ho](=[O])(=[O])(=[O])(=[O])=[O]. The average molecular weight is 261 g/mol. The van der Waals surface area contributed by atoms with Crippen molar-refractivity contribution in [3.8, 4) is 0 Å². The third-order valence-electron chi connectivity index (χ3n) is 0. The topological polar surface area (TPSA) is 102 Å². The van der Waals surface area contributed by atoms with E-state index in [0.29, 0.717) is 0 Å². The molecule has 0 amide bonds. The Kier molecular flexibility index (Phi) is 0.690. The molecule has 0 N–H and O–H groups in total. The maximum absolute atomic E-state index is 9.57. The van der Waals surface area contributed by atoms with E-state index in [2.05, 4.69) is 0 Å². The molecule has 0 aromatic rings. The molecule has 47 valence electrons. The molecule has 0 bridgehead atoms. The van der Waals surface area contributed by atoms with Gasteiger partial charge in [-0.05, 0) is 0 Å². The molecule has 0 saturated heterocycles. The monoisotopic (exact) mass is 261 g/mol. The van der Waals surface area contributed by atoms with Crippen LogP contribution in [0.25, 0.3) is 0 Å². The summed E-state index contributed by atoms with van der Waals surface area (Å²) in [7, 11) is 0. The zero-order valence-corrected chi connectivity index (χ0v) is 4.69. The predicted molar refractivity (Wildman–Crippen MR) is 4.12 cm³/mol. The van der Waals surface area contributed by atoms with Gasteiger partial charge in [0.15, 0.2) is 0 Å². The van der Waals surface area contributed by atoms with Gasteiger partial charge in [0.1, 0.15) is 0 Å². The van der Waals surface area contributed by atoms with Gasteiger partial charge in [-0.25, -0.2) is 0 Å². The molecular formula is HoO6. The van der Waals surface area contributed by atoms with Crippen LogP contribution in [0.4, 0.5) is 0 Å². The van der Waals surface area contributed by atoms with Crippen LogP contribution < -0.4 is 0 Å². The van der Waals surface area contributed by atoms with Gasteiger partial charge in [-0.1, -0.05) is 0 Å². The summed E-state index contributed by atoms with van der Waals surface area (Å²) in [5, 5.41) is 0. The molecule has 0 aromatic heterocycles. The van der Waals surface area contributed by atoms with Crippen molar-refractivity contribution < 1.29 is 35.2 Å². The molecule has 0 heterocycles. The van der Waals surface area contributed by atoms with Crippen molar-refractivity contribution in [1.82, 2.24) is 0 Å². The summed E-state index contributed by atoms with van der Waals surface area (Å²) in [4.78, 5) is 0.